The number of nitrogens with two attached hydrogens (primary N) is 1. The summed E-state index contributed by atoms with van der Waals surface area (Å²) < 4.78 is 0.658. The van der Waals surface area contributed by atoms with Gasteiger partial charge in [0.15, 0.2) is 0 Å². The van der Waals surface area contributed by atoms with Crippen molar-refractivity contribution in [2.45, 2.75) is 13.5 Å². The summed E-state index contributed by atoms with van der Waals surface area (Å²) >= 11 is 7.05. The van der Waals surface area contributed by atoms with E-state index in [2.05, 4.69) is 5.48 Å². The van der Waals surface area contributed by atoms with Crippen LogP contribution in [0.2, 0.25) is 0 Å². The van der Waals surface area contributed by atoms with Crippen molar-refractivity contribution >= 4 is 37.7 Å². The maximum absolute atomic E-state index is 5.66. The Morgan fingerprint density at radius 1 is 1.44 bits per heavy atom. The van der Waals surface area contributed by atoms with Crippen molar-refractivity contribution in [3.05, 3.63) is 47.3 Å². The molecule has 0 unspecified atom stereocenters. The lowest BCUT2D eigenvalue weighted by Gasteiger charge is -2.10. The van der Waals surface area contributed by atoms with Crippen LogP contribution in [0.25, 0.3) is 0 Å². The number of rotatable bonds is 5. The van der Waals surface area contributed by atoms with Crippen molar-refractivity contribution in [2.75, 3.05) is 0 Å². The van der Waals surface area contributed by atoms with Crippen molar-refractivity contribution in [1.82, 2.24) is 5.48 Å². The molecule has 0 aliphatic heterocycles. The lowest BCUT2D eigenvalue weighted by molar-refractivity contribution is 0.0530. The molecule has 1 rings (SSSR count). The fourth-order valence-corrected chi connectivity index (χ4v) is 1.78. The van der Waals surface area contributed by atoms with E-state index >= 15 is 0 Å². The number of hydrogen-bond acceptors (Lipinski definition) is 4. The molecule has 1 aromatic rings. The average molecular weight is 348 g/mol. The van der Waals surface area contributed by atoms with Crippen LogP contribution in [0, 0.1) is 0 Å². The van der Waals surface area contributed by atoms with E-state index in [0.717, 1.165) is 5.56 Å². The van der Waals surface area contributed by atoms with Crippen molar-refractivity contribution in [3.63, 3.8) is 0 Å². The summed E-state index contributed by atoms with van der Waals surface area (Å²) in [6, 6.07) is 9.87. The third-order valence-corrected chi connectivity index (χ3v) is 2.59. The summed E-state index contributed by atoms with van der Waals surface area (Å²) in [6.07, 6.45) is 0. The highest BCUT2D eigenvalue weighted by Gasteiger charge is 2.04. The van der Waals surface area contributed by atoms with Crippen LogP contribution in [0.1, 0.15) is 12.5 Å². The van der Waals surface area contributed by atoms with E-state index in [1.165, 1.54) is 0 Å². The van der Waals surface area contributed by atoms with Crippen molar-refractivity contribution in [1.29, 1.82) is 0 Å². The van der Waals surface area contributed by atoms with E-state index in [1.54, 1.807) is 6.92 Å². The van der Waals surface area contributed by atoms with Gasteiger partial charge in [0, 0.05) is 5.70 Å². The molecule has 5 heteroatoms. The first kappa shape index (κ1) is 13.4. The maximum atomic E-state index is 5.66. The van der Waals surface area contributed by atoms with Gasteiger partial charge >= 0.3 is 0 Å². The average Bonchev–Trinajstić information content (AvgIpc) is 2.24. The van der Waals surface area contributed by atoms with E-state index in [1.807, 2.05) is 52.9 Å². The van der Waals surface area contributed by atoms with Crippen LogP contribution in [0.15, 0.2) is 41.7 Å². The highest BCUT2D eigenvalue weighted by molar-refractivity contribution is 14.1. The highest BCUT2D eigenvalue weighted by atomic mass is 127. The Balaban J connectivity index is 2.47. The zero-order valence-corrected chi connectivity index (χ0v) is 11.8. The van der Waals surface area contributed by atoms with Gasteiger partial charge in [-0.15, -0.1) is 0 Å². The van der Waals surface area contributed by atoms with Gasteiger partial charge in [-0.25, -0.2) is 0 Å². The van der Waals surface area contributed by atoms with Crippen LogP contribution in [-0.4, -0.2) is 2.87 Å². The smallest absolute Gasteiger partial charge is 0.103 e. The third kappa shape index (κ3) is 4.46. The molecule has 0 aliphatic rings. The van der Waals surface area contributed by atoms with Crippen LogP contribution >= 0.6 is 34.8 Å². The van der Waals surface area contributed by atoms with Crippen molar-refractivity contribution in [3.8, 4) is 0 Å². The first-order chi connectivity index (χ1) is 7.61. The SMILES string of the molecule is CC(N)=C(NOCc1ccccc1)C(=S)I. The molecule has 0 spiro atoms. The number of halogens is 1. The van der Waals surface area contributed by atoms with Gasteiger partial charge in [-0.2, -0.15) is 0 Å². The lowest BCUT2D eigenvalue weighted by atomic mass is 10.2. The molecule has 0 bridgehead atoms. The maximum Gasteiger partial charge on any atom is 0.103 e. The molecule has 3 nitrogen and oxygen atoms in total. The van der Waals surface area contributed by atoms with Gasteiger partial charge in [0.05, 0.1) is 6.61 Å². The molecule has 0 saturated heterocycles. The largest absolute Gasteiger partial charge is 0.400 e. The summed E-state index contributed by atoms with van der Waals surface area (Å²) in [5.41, 5.74) is 10.8. The first-order valence-corrected chi connectivity index (χ1v) is 6.18. The number of nitrogens with one attached hydrogen (secondary N) is 1. The molecule has 86 valence electrons. The van der Waals surface area contributed by atoms with Gasteiger partial charge in [0.1, 0.15) is 8.57 Å². The minimum absolute atomic E-state index is 0.469. The lowest BCUT2D eigenvalue weighted by Crippen LogP contribution is -2.21. The fourth-order valence-electron chi connectivity index (χ4n) is 1.04. The molecule has 0 heterocycles. The highest BCUT2D eigenvalue weighted by Crippen LogP contribution is 2.06. The molecule has 0 saturated carbocycles. The summed E-state index contributed by atoms with van der Waals surface area (Å²) in [5.74, 6) is 0. The second-order valence-corrected chi connectivity index (χ2v) is 5.43. The quantitative estimate of drug-likeness (QED) is 0.282. The van der Waals surface area contributed by atoms with E-state index < -0.39 is 0 Å². The summed E-state index contributed by atoms with van der Waals surface area (Å²) in [4.78, 5) is 5.32. The van der Waals surface area contributed by atoms with E-state index in [-0.39, 0.29) is 0 Å². The van der Waals surface area contributed by atoms with Crippen molar-refractivity contribution in [2.24, 2.45) is 5.73 Å². The summed E-state index contributed by atoms with van der Waals surface area (Å²) in [7, 11) is 0. The Labute approximate surface area is 114 Å². The third-order valence-electron chi connectivity index (χ3n) is 1.85. The van der Waals surface area contributed by atoms with Crippen LogP contribution in [0.4, 0.5) is 0 Å². The molecule has 0 radical (unpaired) electrons. The number of hydrogen-bond donors (Lipinski definition) is 2. The molecule has 0 atom stereocenters. The summed E-state index contributed by atoms with van der Waals surface area (Å²) in [6.45, 7) is 2.25. The van der Waals surface area contributed by atoms with Crippen LogP contribution < -0.4 is 11.2 Å². The van der Waals surface area contributed by atoms with E-state index in [4.69, 9.17) is 22.8 Å². The van der Waals surface area contributed by atoms with Crippen LogP contribution in [-0.2, 0) is 11.4 Å². The molecular formula is C11H13IN2OS. The fraction of sp³-hybridized carbons (Fsp3) is 0.182. The number of hydroxylamine groups is 1. The Bertz CT molecular complexity index is 388. The predicted molar refractivity (Wildman–Crippen MR) is 77.9 cm³/mol. The molecular weight excluding hydrogens is 335 g/mol. The van der Waals surface area contributed by atoms with Crippen LogP contribution in [0.5, 0.6) is 0 Å². The Morgan fingerprint density at radius 2 is 2.06 bits per heavy atom. The molecule has 16 heavy (non-hydrogen) atoms. The van der Waals surface area contributed by atoms with Gasteiger partial charge < -0.3 is 5.73 Å². The van der Waals surface area contributed by atoms with E-state index in [9.17, 15) is 0 Å². The minimum Gasteiger partial charge on any atom is -0.400 e. The molecule has 3 N–H and O–H groups in total. The topological polar surface area (TPSA) is 47.3 Å². The van der Waals surface area contributed by atoms with Crippen LogP contribution in [0.3, 0.4) is 0 Å². The molecule has 0 aliphatic carbocycles. The van der Waals surface area contributed by atoms with Gasteiger partial charge in [-0.05, 0) is 35.1 Å². The predicted octanol–water partition coefficient (Wildman–Crippen LogP) is 2.66. The minimum atomic E-state index is 0.469. The van der Waals surface area contributed by atoms with Gasteiger partial charge in [0.25, 0.3) is 0 Å². The Hall–Kier alpha value is -0.660. The second kappa shape index (κ2) is 6.82. The van der Waals surface area contributed by atoms with Gasteiger partial charge in [0.2, 0.25) is 0 Å². The monoisotopic (exact) mass is 348 g/mol. The zero-order valence-electron chi connectivity index (χ0n) is 8.87. The molecule has 0 fully saturated rings. The number of benzene rings is 1. The van der Waals surface area contributed by atoms with E-state index in [0.29, 0.717) is 20.9 Å². The molecule has 0 aromatic heterocycles. The van der Waals surface area contributed by atoms with Crippen molar-refractivity contribution < 1.29 is 4.84 Å². The Kier molecular flexibility index (Phi) is 5.72. The molecule has 0 amide bonds. The molecule has 1 aromatic carbocycles. The normalized spacial score (nSPS) is 11.9. The van der Waals surface area contributed by atoms with Gasteiger partial charge in [-0.3, -0.25) is 10.3 Å². The number of thiocarbonyl (C=S) groups is 1. The number of allylic oxidation sites excluding steroid dienone is 2. The Morgan fingerprint density at radius 3 is 2.56 bits per heavy atom. The summed E-state index contributed by atoms with van der Waals surface area (Å²) in [5, 5.41) is 0. The zero-order chi connectivity index (χ0) is 12.0. The van der Waals surface area contributed by atoms with Gasteiger partial charge in [-0.1, -0.05) is 42.5 Å². The first-order valence-electron chi connectivity index (χ1n) is 4.69. The standard InChI is InChI=1S/C11H13IN2OS/c1-8(13)10(11(12)16)14-15-7-9-5-3-2-4-6-9/h2-6,14H,7,13H2,1H3. The second-order valence-electron chi connectivity index (χ2n) is 3.21.